The minimum Gasteiger partial charge on any atom is -0.496 e. The number of pyridine rings is 1. The Kier molecular flexibility index (Phi) is 6.96. The number of hydrogen-bond donors (Lipinski definition) is 0. The van der Waals surface area contributed by atoms with Crippen LogP contribution in [-0.2, 0) is 14.3 Å². The summed E-state index contributed by atoms with van der Waals surface area (Å²) >= 11 is 0. The molecule has 0 bridgehead atoms. The van der Waals surface area contributed by atoms with Gasteiger partial charge in [0.25, 0.3) is 0 Å². The van der Waals surface area contributed by atoms with Gasteiger partial charge in [0.05, 0.1) is 25.3 Å². The fourth-order valence-corrected chi connectivity index (χ4v) is 4.76. The molecule has 1 amide bonds. The van der Waals surface area contributed by atoms with Gasteiger partial charge in [0.1, 0.15) is 11.4 Å². The lowest BCUT2D eigenvalue weighted by Crippen LogP contribution is -2.43. The first-order chi connectivity index (χ1) is 16.0. The van der Waals surface area contributed by atoms with E-state index in [1.54, 1.807) is 14.0 Å². The van der Waals surface area contributed by atoms with Gasteiger partial charge in [-0.1, -0.05) is 24.3 Å². The number of methoxy groups -OCH3 is 1. The van der Waals surface area contributed by atoms with Gasteiger partial charge in [-0.15, -0.1) is 0 Å². The van der Waals surface area contributed by atoms with Gasteiger partial charge in [0, 0.05) is 42.9 Å². The lowest BCUT2D eigenvalue weighted by atomic mass is 9.90. The molecule has 0 aliphatic carbocycles. The second-order valence-electron chi connectivity index (χ2n) is 8.47. The Morgan fingerprint density at radius 3 is 2.79 bits per heavy atom. The number of para-hydroxylation sites is 1. The van der Waals surface area contributed by atoms with Crippen molar-refractivity contribution in [3.05, 3.63) is 65.6 Å². The monoisotopic (exact) mass is 449 g/mol. The summed E-state index contributed by atoms with van der Waals surface area (Å²) in [7, 11) is 1.64. The van der Waals surface area contributed by atoms with Crippen LogP contribution in [0.1, 0.15) is 49.1 Å². The number of rotatable bonds is 7. The summed E-state index contributed by atoms with van der Waals surface area (Å²) in [6.45, 7) is 5.25. The fourth-order valence-electron chi connectivity index (χ4n) is 4.76. The molecule has 7 nitrogen and oxygen atoms in total. The van der Waals surface area contributed by atoms with Crippen molar-refractivity contribution in [2.45, 2.75) is 39.0 Å². The van der Waals surface area contributed by atoms with Gasteiger partial charge >= 0.3 is 5.97 Å². The smallest absolute Gasteiger partial charge is 0.310 e. The zero-order chi connectivity index (χ0) is 23.4. The Morgan fingerprint density at radius 1 is 1.18 bits per heavy atom. The number of aromatic nitrogens is 2. The summed E-state index contributed by atoms with van der Waals surface area (Å²) in [5.74, 6) is 0.0390. The highest BCUT2D eigenvalue weighted by Gasteiger charge is 2.32. The van der Waals surface area contributed by atoms with Crippen LogP contribution in [0.4, 0.5) is 0 Å². The number of aryl methyl sites for hydroxylation is 1. The number of piperidine rings is 1. The average Bonchev–Trinajstić information content (AvgIpc) is 3.28. The third-order valence-electron chi connectivity index (χ3n) is 6.40. The number of fused-ring (bicyclic) bond motifs is 1. The van der Waals surface area contributed by atoms with Gasteiger partial charge in [0.2, 0.25) is 5.91 Å². The van der Waals surface area contributed by atoms with E-state index in [1.165, 1.54) is 0 Å². The topological polar surface area (TPSA) is 73.1 Å². The lowest BCUT2D eigenvalue weighted by molar-refractivity contribution is -0.151. The Labute approximate surface area is 194 Å². The quantitative estimate of drug-likeness (QED) is 0.510. The molecule has 3 aromatic rings. The van der Waals surface area contributed by atoms with E-state index < -0.39 is 0 Å². The van der Waals surface area contributed by atoms with Crippen LogP contribution in [0.5, 0.6) is 5.75 Å². The molecule has 1 aromatic carbocycles. The zero-order valence-electron chi connectivity index (χ0n) is 19.5. The Morgan fingerprint density at radius 2 is 2.00 bits per heavy atom. The molecule has 1 saturated heterocycles. The van der Waals surface area contributed by atoms with Crippen LogP contribution < -0.4 is 4.74 Å². The first kappa shape index (κ1) is 22.8. The molecule has 2 atom stereocenters. The zero-order valence-corrected chi connectivity index (χ0v) is 19.5. The van der Waals surface area contributed by atoms with Gasteiger partial charge in [0.15, 0.2) is 0 Å². The summed E-state index contributed by atoms with van der Waals surface area (Å²) in [6, 6.07) is 13.8. The van der Waals surface area contributed by atoms with Crippen LogP contribution in [0, 0.1) is 12.8 Å². The molecule has 0 spiro atoms. The van der Waals surface area contributed by atoms with Crippen molar-refractivity contribution < 1.29 is 19.1 Å². The predicted molar refractivity (Wildman–Crippen MR) is 125 cm³/mol. The van der Waals surface area contributed by atoms with Gasteiger partial charge in [-0.3, -0.25) is 9.59 Å². The molecule has 0 radical (unpaired) electrons. The maximum Gasteiger partial charge on any atom is 0.310 e. The molecule has 2 unspecified atom stereocenters. The first-order valence-corrected chi connectivity index (χ1v) is 11.5. The molecule has 1 aliphatic heterocycles. The van der Waals surface area contributed by atoms with Crippen molar-refractivity contribution in [2.75, 3.05) is 26.8 Å². The fraction of sp³-hybridized carbons (Fsp3) is 0.423. The van der Waals surface area contributed by atoms with Gasteiger partial charge in [-0.25, -0.2) is 4.98 Å². The molecule has 3 heterocycles. The van der Waals surface area contributed by atoms with Crippen molar-refractivity contribution in [1.82, 2.24) is 14.3 Å². The van der Waals surface area contributed by atoms with E-state index in [0.717, 1.165) is 41.2 Å². The number of benzene rings is 1. The third kappa shape index (κ3) is 4.72. The normalized spacial score (nSPS) is 17.1. The highest BCUT2D eigenvalue weighted by atomic mass is 16.5. The number of imidazole rings is 1. The Hall–Kier alpha value is -3.35. The number of likely N-dealkylation sites (tertiary alicyclic amines) is 1. The van der Waals surface area contributed by atoms with E-state index in [1.807, 2.05) is 60.5 Å². The molecule has 4 rings (SSSR count). The molecule has 0 saturated carbocycles. The van der Waals surface area contributed by atoms with Gasteiger partial charge in [-0.2, -0.15) is 0 Å². The summed E-state index contributed by atoms with van der Waals surface area (Å²) < 4.78 is 13.0. The van der Waals surface area contributed by atoms with Gasteiger partial charge in [-0.05, 0) is 44.9 Å². The summed E-state index contributed by atoms with van der Waals surface area (Å²) in [5.41, 5.74) is 3.78. The molecular formula is C26H31N3O4. The first-order valence-electron chi connectivity index (χ1n) is 11.5. The molecule has 1 fully saturated rings. The SMILES string of the molecule is CCOC(=O)C1CCCN(C(=O)CC(c2ccccc2OC)c2cnc3cccc(C)n23)C1. The minimum absolute atomic E-state index is 0.0171. The van der Waals surface area contributed by atoms with Gasteiger partial charge < -0.3 is 18.8 Å². The summed E-state index contributed by atoms with van der Waals surface area (Å²) in [6.07, 6.45) is 3.66. The van der Waals surface area contributed by atoms with E-state index in [4.69, 9.17) is 9.47 Å². The standard InChI is InChI=1S/C26H31N3O4/c1-4-33-26(31)19-10-8-14-28(17-19)25(30)15-21(20-11-5-6-12-23(20)32-3)22-16-27-24-13-7-9-18(2)29(22)24/h5-7,9,11-13,16,19,21H,4,8,10,14-15,17H2,1-3H3. The van der Waals surface area contributed by atoms with Crippen LogP contribution in [0.2, 0.25) is 0 Å². The molecule has 0 N–H and O–H groups in total. The van der Waals surface area contributed by atoms with Crippen LogP contribution in [0.25, 0.3) is 5.65 Å². The van der Waals surface area contributed by atoms with Crippen molar-refractivity contribution in [2.24, 2.45) is 5.92 Å². The van der Waals surface area contributed by atoms with Crippen LogP contribution in [0.15, 0.2) is 48.7 Å². The lowest BCUT2D eigenvalue weighted by Gasteiger charge is -2.32. The molecule has 7 heteroatoms. The van der Waals surface area contributed by atoms with E-state index in [2.05, 4.69) is 9.38 Å². The second kappa shape index (κ2) is 10.1. The maximum absolute atomic E-state index is 13.5. The number of nitrogens with zero attached hydrogens (tertiary/aromatic N) is 3. The van der Waals surface area contributed by atoms with E-state index in [0.29, 0.717) is 19.7 Å². The third-order valence-corrected chi connectivity index (χ3v) is 6.40. The average molecular weight is 450 g/mol. The number of carbonyl (C=O) groups excluding carboxylic acids is 2. The number of amides is 1. The summed E-state index contributed by atoms with van der Waals surface area (Å²) in [5, 5.41) is 0. The minimum atomic E-state index is -0.259. The number of ether oxygens (including phenoxy) is 2. The van der Waals surface area contributed by atoms with Crippen molar-refractivity contribution in [3.8, 4) is 5.75 Å². The molecular weight excluding hydrogens is 418 g/mol. The largest absolute Gasteiger partial charge is 0.496 e. The number of esters is 1. The number of carbonyl (C=O) groups is 2. The number of hydrogen-bond acceptors (Lipinski definition) is 5. The highest BCUT2D eigenvalue weighted by Crippen LogP contribution is 2.36. The van der Waals surface area contributed by atoms with Crippen LogP contribution in [0.3, 0.4) is 0 Å². The van der Waals surface area contributed by atoms with E-state index in [-0.39, 0.29) is 30.1 Å². The van der Waals surface area contributed by atoms with Crippen molar-refractivity contribution >= 4 is 17.5 Å². The molecule has 2 aromatic heterocycles. The maximum atomic E-state index is 13.5. The van der Waals surface area contributed by atoms with Crippen molar-refractivity contribution in [1.29, 1.82) is 0 Å². The summed E-state index contributed by atoms with van der Waals surface area (Å²) in [4.78, 5) is 32.2. The van der Waals surface area contributed by atoms with E-state index >= 15 is 0 Å². The van der Waals surface area contributed by atoms with Crippen LogP contribution in [-0.4, -0.2) is 53.0 Å². The van der Waals surface area contributed by atoms with Crippen LogP contribution >= 0.6 is 0 Å². The Bertz CT molecular complexity index is 1140. The van der Waals surface area contributed by atoms with Crippen molar-refractivity contribution in [3.63, 3.8) is 0 Å². The highest BCUT2D eigenvalue weighted by molar-refractivity contribution is 5.80. The molecule has 1 aliphatic rings. The van der Waals surface area contributed by atoms with E-state index in [9.17, 15) is 9.59 Å². The predicted octanol–water partition coefficient (Wildman–Crippen LogP) is 3.98. The molecule has 33 heavy (non-hydrogen) atoms. The Balaban J connectivity index is 1.67. The second-order valence-corrected chi connectivity index (χ2v) is 8.47. The molecule has 174 valence electrons.